The Hall–Kier alpha value is -3.81. The van der Waals surface area contributed by atoms with Crippen molar-refractivity contribution in [3.8, 4) is 11.3 Å². The lowest BCUT2D eigenvalue weighted by atomic mass is 10.2. The van der Waals surface area contributed by atoms with Crippen molar-refractivity contribution in [1.82, 2.24) is 24.7 Å². The van der Waals surface area contributed by atoms with Crippen LogP contribution in [0.15, 0.2) is 59.9 Å². The first kappa shape index (κ1) is 15.7. The third kappa shape index (κ3) is 2.84. The largest absolute Gasteiger partial charge is 0.321 e. The number of hydrogen-bond acceptors (Lipinski definition) is 5. The molecule has 0 aliphatic rings. The van der Waals surface area contributed by atoms with Crippen molar-refractivity contribution >= 4 is 22.5 Å². The Labute approximate surface area is 147 Å². The summed E-state index contributed by atoms with van der Waals surface area (Å²) in [6.45, 7) is 0. The summed E-state index contributed by atoms with van der Waals surface area (Å²) in [6, 6.07) is 10.3. The van der Waals surface area contributed by atoms with Gasteiger partial charge in [0, 0.05) is 30.7 Å². The molecule has 3 aromatic heterocycles. The van der Waals surface area contributed by atoms with Gasteiger partial charge < -0.3 is 9.88 Å². The van der Waals surface area contributed by atoms with Gasteiger partial charge >= 0.3 is 0 Å². The molecule has 4 rings (SSSR count). The van der Waals surface area contributed by atoms with Gasteiger partial charge in [-0.3, -0.25) is 19.7 Å². The summed E-state index contributed by atoms with van der Waals surface area (Å²) >= 11 is 0. The number of anilines is 1. The molecule has 0 unspecified atom stereocenters. The number of amides is 1. The van der Waals surface area contributed by atoms with E-state index in [1.165, 1.54) is 10.9 Å². The molecule has 8 heteroatoms. The van der Waals surface area contributed by atoms with E-state index in [-0.39, 0.29) is 11.5 Å². The van der Waals surface area contributed by atoms with Crippen LogP contribution in [0.5, 0.6) is 0 Å². The number of nitrogens with one attached hydrogen (secondary N) is 2. The second-order valence-corrected chi connectivity index (χ2v) is 5.76. The Morgan fingerprint density at radius 3 is 2.92 bits per heavy atom. The Morgan fingerprint density at radius 2 is 2.12 bits per heavy atom. The highest BCUT2D eigenvalue weighted by atomic mass is 16.2. The number of aromatic nitrogens is 5. The molecule has 2 N–H and O–H groups in total. The molecule has 0 saturated heterocycles. The topological polar surface area (TPSA) is 106 Å². The van der Waals surface area contributed by atoms with Crippen molar-refractivity contribution in [2.24, 2.45) is 7.05 Å². The fraction of sp³-hybridized carbons (Fsp3) is 0.0556. The average Bonchev–Trinajstić information content (AvgIpc) is 3.16. The zero-order chi connectivity index (χ0) is 18.1. The number of rotatable bonds is 3. The van der Waals surface area contributed by atoms with Gasteiger partial charge in [0.2, 0.25) is 0 Å². The molecular weight excluding hydrogens is 332 g/mol. The molecule has 0 radical (unpaired) electrons. The molecule has 0 aliphatic heterocycles. The molecule has 0 atom stereocenters. The lowest BCUT2D eigenvalue weighted by molar-refractivity contribution is 0.102. The van der Waals surface area contributed by atoms with Crippen molar-refractivity contribution < 1.29 is 4.79 Å². The predicted molar refractivity (Wildman–Crippen MR) is 96.8 cm³/mol. The molecule has 4 aromatic rings. The Bertz CT molecular complexity index is 1160. The number of H-pyrrole nitrogens is 1. The lowest BCUT2D eigenvalue weighted by Crippen LogP contribution is -2.17. The van der Waals surface area contributed by atoms with Crippen LogP contribution in [0.25, 0.3) is 22.2 Å². The summed E-state index contributed by atoms with van der Waals surface area (Å²) in [7, 11) is 1.63. The molecule has 1 aromatic carbocycles. The van der Waals surface area contributed by atoms with Gasteiger partial charge in [-0.1, -0.05) is 0 Å². The van der Waals surface area contributed by atoms with Crippen molar-refractivity contribution in [2.45, 2.75) is 0 Å². The number of carbonyl (C=O) groups is 1. The highest BCUT2D eigenvalue weighted by Gasteiger charge is 2.12. The fourth-order valence-corrected chi connectivity index (χ4v) is 2.59. The second kappa shape index (κ2) is 6.25. The summed E-state index contributed by atoms with van der Waals surface area (Å²) < 4.78 is 1.39. The van der Waals surface area contributed by atoms with E-state index in [0.717, 1.165) is 5.56 Å². The van der Waals surface area contributed by atoms with E-state index < -0.39 is 0 Å². The number of nitrogens with zero attached hydrogens (tertiary/aromatic N) is 4. The summed E-state index contributed by atoms with van der Waals surface area (Å²) in [5, 5.41) is 10.0. The van der Waals surface area contributed by atoms with Gasteiger partial charge in [0.05, 0.1) is 22.9 Å². The maximum atomic E-state index is 12.4. The van der Waals surface area contributed by atoms with Gasteiger partial charge in [0.15, 0.2) is 0 Å². The van der Waals surface area contributed by atoms with Crippen LogP contribution in [0.3, 0.4) is 0 Å². The minimum absolute atomic E-state index is 0.175. The highest BCUT2D eigenvalue weighted by Crippen LogP contribution is 2.18. The van der Waals surface area contributed by atoms with Crippen LogP contribution in [0.1, 0.15) is 10.5 Å². The van der Waals surface area contributed by atoms with Crippen LogP contribution in [0.4, 0.5) is 5.69 Å². The number of aromatic amines is 1. The summed E-state index contributed by atoms with van der Waals surface area (Å²) in [4.78, 5) is 32.9. The van der Waals surface area contributed by atoms with Crippen LogP contribution in [0, 0.1) is 0 Å². The standard InChI is InChI=1S/C18H14N6O2/c1-24-10-20-14-5-4-12(7-13(14)18(24)26)21-17(25)16-8-15(22-23-16)11-3-2-6-19-9-11/h2-10H,1H3,(H,21,25)(H,22,23). The van der Waals surface area contributed by atoms with Crippen molar-refractivity contribution in [3.05, 3.63) is 71.2 Å². The minimum atomic E-state index is -0.354. The predicted octanol–water partition coefficient (Wildman–Crippen LogP) is 1.97. The molecule has 0 bridgehead atoms. The molecule has 3 heterocycles. The fourth-order valence-electron chi connectivity index (χ4n) is 2.59. The van der Waals surface area contributed by atoms with Gasteiger partial charge in [-0.15, -0.1) is 0 Å². The Balaban J connectivity index is 1.61. The second-order valence-electron chi connectivity index (χ2n) is 5.76. The van der Waals surface area contributed by atoms with E-state index in [2.05, 4.69) is 25.5 Å². The van der Waals surface area contributed by atoms with E-state index in [1.807, 2.05) is 6.07 Å². The number of aryl methyl sites for hydroxylation is 1. The molecule has 0 spiro atoms. The van der Waals surface area contributed by atoms with E-state index in [4.69, 9.17) is 0 Å². The zero-order valence-corrected chi connectivity index (χ0v) is 13.8. The van der Waals surface area contributed by atoms with E-state index in [1.54, 1.807) is 49.8 Å². The lowest BCUT2D eigenvalue weighted by Gasteiger charge is -2.05. The van der Waals surface area contributed by atoms with Crippen LogP contribution in [-0.4, -0.2) is 30.6 Å². The zero-order valence-electron chi connectivity index (χ0n) is 13.8. The monoisotopic (exact) mass is 346 g/mol. The number of pyridine rings is 1. The molecule has 26 heavy (non-hydrogen) atoms. The van der Waals surface area contributed by atoms with Crippen LogP contribution in [-0.2, 0) is 7.05 Å². The number of hydrogen-bond donors (Lipinski definition) is 2. The molecular formula is C18H14N6O2. The first-order valence-electron chi connectivity index (χ1n) is 7.84. The van der Waals surface area contributed by atoms with Gasteiger partial charge in [-0.05, 0) is 36.4 Å². The van der Waals surface area contributed by atoms with Gasteiger partial charge in [-0.2, -0.15) is 5.10 Å². The molecule has 0 fully saturated rings. The van der Waals surface area contributed by atoms with E-state index in [9.17, 15) is 9.59 Å². The molecule has 0 saturated carbocycles. The van der Waals surface area contributed by atoms with Gasteiger partial charge in [0.25, 0.3) is 11.5 Å². The van der Waals surface area contributed by atoms with Crippen molar-refractivity contribution in [3.63, 3.8) is 0 Å². The minimum Gasteiger partial charge on any atom is -0.321 e. The van der Waals surface area contributed by atoms with Crippen molar-refractivity contribution in [2.75, 3.05) is 5.32 Å². The molecule has 8 nitrogen and oxygen atoms in total. The maximum Gasteiger partial charge on any atom is 0.273 e. The highest BCUT2D eigenvalue weighted by molar-refractivity contribution is 6.04. The molecule has 1 amide bonds. The van der Waals surface area contributed by atoms with Gasteiger partial charge in [0.1, 0.15) is 5.69 Å². The Morgan fingerprint density at radius 1 is 1.23 bits per heavy atom. The summed E-state index contributed by atoms with van der Waals surface area (Å²) in [5.41, 5.74) is 2.65. The summed E-state index contributed by atoms with van der Waals surface area (Å²) in [6.07, 6.45) is 4.81. The molecule has 0 aliphatic carbocycles. The third-order valence-corrected chi connectivity index (χ3v) is 3.95. The quantitative estimate of drug-likeness (QED) is 0.590. The summed E-state index contributed by atoms with van der Waals surface area (Å²) in [5.74, 6) is -0.354. The first-order chi connectivity index (χ1) is 12.6. The Kier molecular flexibility index (Phi) is 3.77. The molecule has 128 valence electrons. The maximum absolute atomic E-state index is 12.4. The van der Waals surface area contributed by atoms with E-state index in [0.29, 0.717) is 28.0 Å². The normalized spacial score (nSPS) is 10.8. The number of carbonyl (C=O) groups excluding carboxylic acids is 1. The number of fused-ring (bicyclic) bond motifs is 1. The van der Waals surface area contributed by atoms with Crippen molar-refractivity contribution in [1.29, 1.82) is 0 Å². The SMILES string of the molecule is Cn1cnc2ccc(NC(=O)c3cc(-c4cccnc4)n[nH]3)cc2c1=O. The smallest absolute Gasteiger partial charge is 0.273 e. The average molecular weight is 346 g/mol. The van der Waals surface area contributed by atoms with Crippen LogP contribution >= 0.6 is 0 Å². The van der Waals surface area contributed by atoms with E-state index >= 15 is 0 Å². The van der Waals surface area contributed by atoms with Crippen LogP contribution < -0.4 is 10.9 Å². The van der Waals surface area contributed by atoms with Gasteiger partial charge in [-0.25, -0.2) is 4.98 Å². The first-order valence-corrected chi connectivity index (χ1v) is 7.84. The van der Waals surface area contributed by atoms with Crippen LogP contribution in [0.2, 0.25) is 0 Å². The number of benzene rings is 1. The third-order valence-electron chi connectivity index (χ3n) is 3.95.